The van der Waals surface area contributed by atoms with Gasteiger partial charge in [0.1, 0.15) is 5.01 Å². The highest BCUT2D eigenvalue weighted by molar-refractivity contribution is 7.15. The fraction of sp³-hybridized carbons (Fsp3) is 0.429. The Labute approximate surface area is 128 Å². The summed E-state index contributed by atoms with van der Waals surface area (Å²) in [6, 6.07) is 8.18. The molecule has 1 heterocycles. The van der Waals surface area contributed by atoms with E-state index in [4.69, 9.17) is 11.6 Å². The molecule has 0 saturated carbocycles. The van der Waals surface area contributed by atoms with Crippen molar-refractivity contribution in [3.05, 3.63) is 39.9 Å². The second-order valence-electron chi connectivity index (χ2n) is 4.64. The number of halogens is 1. The highest BCUT2D eigenvalue weighted by Gasteiger charge is 2.16. The van der Waals surface area contributed by atoms with Gasteiger partial charge in [0.05, 0.1) is 6.54 Å². The maximum absolute atomic E-state index is 6.25. The van der Waals surface area contributed by atoms with Crippen LogP contribution in [0.5, 0.6) is 0 Å². The van der Waals surface area contributed by atoms with Crippen molar-refractivity contribution in [3.63, 3.8) is 0 Å². The Hall–Kier alpha value is -1.17. The third-order valence-electron chi connectivity index (χ3n) is 3.20. The summed E-state index contributed by atoms with van der Waals surface area (Å²) in [7, 11) is 2.07. The minimum absolute atomic E-state index is 0.232. The van der Waals surface area contributed by atoms with Crippen LogP contribution >= 0.6 is 22.9 Å². The molecule has 0 radical (unpaired) electrons. The molecule has 0 aliphatic heterocycles. The lowest BCUT2D eigenvalue weighted by atomic mass is 10.1. The average Bonchev–Trinajstić information content (AvgIpc) is 2.86. The molecule has 2 aromatic rings. The van der Waals surface area contributed by atoms with E-state index >= 15 is 0 Å². The Morgan fingerprint density at radius 1 is 1.35 bits per heavy atom. The fourth-order valence-corrected chi connectivity index (χ4v) is 3.11. The molecular formula is C14H19ClN4S. The standard InChI is InChI=1S/C14H19ClN4S/c1-4-16-14-18-17-13(20-14)9-19(3)10(2)11-7-5-6-8-12(11)15/h5-8,10H,4,9H2,1-3H3,(H,16,18). The van der Waals surface area contributed by atoms with E-state index in [1.165, 1.54) is 0 Å². The van der Waals surface area contributed by atoms with Gasteiger partial charge in [-0.2, -0.15) is 0 Å². The Morgan fingerprint density at radius 3 is 2.80 bits per heavy atom. The van der Waals surface area contributed by atoms with Crippen LogP contribution in [0, 0.1) is 0 Å². The van der Waals surface area contributed by atoms with Crippen molar-refractivity contribution in [2.24, 2.45) is 0 Å². The van der Waals surface area contributed by atoms with Crippen molar-refractivity contribution in [3.8, 4) is 0 Å². The lowest BCUT2D eigenvalue weighted by Gasteiger charge is -2.24. The first-order valence-electron chi connectivity index (χ1n) is 6.62. The van der Waals surface area contributed by atoms with E-state index in [2.05, 4.69) is 40.5 Å². The molecule has 108 valence electrons. The van der Waals surface area contributed by atoms with E-state index in [9.17, 15) is 0 Å². The largest absolute Gasteiger partial charge is 0.360 e. The molecule has 0 aliphatic rings. The number of benzene rings is 1. The van der Waals surface area contributed by atoms with Crippen LogP contribution in [0.1, 0.15) is 30.5 Å². The van der Waals surface area contributed by atoms with Crippen LogP contribution in [-0.4, -0.2) is 28.7 Å². The van der Waals surface area contributed by atoms with Crippen molar-refractivity contribution in [1.29, 1.82) is 0 Å². The summed E-state index contributed by atoms with van der Waals surface area (Å²) in [5.41, 5.74) is 1.13. The minimum atomic E-state index is 0.232. The SMILES string of the molecule is CCNc1nnc(CN(C)C(C)c2ccccc2Cl)s1. The third kappa shape index (κ3) is 3.69. The van der Waals surface area contributed by atoms with Gasteiger partial charge in [0.2, 0.25) is 5.13 Å². The summed E-state index contributed by atoms with van der Waals surface area (Å²) >= 11 is 7.84. The Bertz CT molecular complexity index is 558. The zero-order chi connectivity index (χ0) is 14.5. The molecule has 20 heavy (non-hydrogen) atoms. The lowest BCUT2D eigenvalue weighted by Crippen LogP contribution is -2.22. The van der Waals surface area contributed by atoms with Gasteiger partial charge < -0.3 is 5.32 Å². The van der Waals surface area contributed by atoms with E-state index in [0.717, 1.165) is 33.8 Å². The molecule has 0 saturated heterocycles. The molecule has 0 spiro atoms. The molecule has 1 N–H and O–H groups in total. The van der Waals surface area contributed by atoms with E-state index in [0.29, 0.717) is 0 Å². The van der Waals surface area contributed by atoms with Crippen LogP contribution in [0.15, 0.2) is 24.3 Å². The molecule has 0 fully saturated rings. The molecule has 6 heteroatoms. The number of hydrogen-bond acceptors (Lipinski definition) is 5. The molecule has 1 aromatic carbocycles. The number of hydrogen-bond donors (Lipinski definition) is 1. The summed E-state index contributed by atoms with van der Waals surface area (Å²) in [4.78, 5) is 2.22. The predicted molar refractivity (Wildman–Crippen MR) is 85.4 cm³/mol. The van der Waals surface area contributed by atoms with Gasteiger partial charge >= 0.3 is 0 Å². The predicted octanol–water partition coefficient (Wildman–Crippen LogP) is 3.82. The topological polar surface area (TPSA) is 41.1 Å². The van der Waals surface area contributed by atoms with Gasteiger partial charge in [0, 0.05) is 17.6 Å². The molecule has 1 atom stereocenters. The fourth-order valence-electron chi connectivity index (χ4n) is 1.94. The first-order valence-corrected chi connectivity index (χ1v) is 7.82. The summed E-state index contributed by atoms with van der Waals surface area (Å²) < 4.78 is 0. The van der Waals surface area contributed by atoms with Gasteiger partial charge in [-0.15, -0.1) is 10.2 Å². The quantitative estimate of drug-likeness (QED) is 0.880. The number of nitrogens with zero attached hydrogens (tertiary/aromatic N) is 3. The van der Waals surface area contributed by atoms with Crippen molar-refractivity contribution in [2.75, 3.05) is 18.9 Å². The molecule has 0 bridgehead atoms. The maximum Gasteiger partial charge on any atom is 0.205 e. The first-order chi connectivity index (χ1) is 9.61. The van der Waals surface area contributed by atoms with Gasteiger partial charge in [0.15, 0.2) is 0 Å². The highest BCUT2D eigenvalue weighted by Crippen LogP contribution is 2.28. The van der Waals surface area contributed by atoms with Gasteiger partial charge in [0.25, 0.3) is 0 Å². The second kappa shape index (κ2) is 7.02. The van der Waals surface area contributed by atoms with E-state index in [1.807, 2.05) is 25.1 Å². The van der Waals surface area contributed by atoms with E-state index in [-0.39, 0.29) is 6.04 Å². The number of nitrogens with one attached hydrogen (secondary N) is 1. The molecule has 0 amide bonds. The summed E-state index contributed by atoms with van der Waals surface area (Å²) in [5.74, 6) is 0. The maximum atomic E-state index is 6.25. The molecule has 1 unspecified atom stereocenters. The molecule has 0 aliphatic carbocycles. The zero-order valence-corrected chi connectivity index (χ0v) is 13.5. The van der Waals surface area contributed by atoms with Gasteiger partial charge in [-0.1, -0.05) is 41.1 Å². The van der Waals surface area contributed by atoms with Crippen molar-refractivity contribution in [1.82, 2.24) is 15.1 Å². The minimum Gasteiger partial charge on any atom is -0.360 e. The van der Waals surface area contributed by atoms with E-state index < -0.39 is 0 Å². The van der Waals surface area contributed by atoms with Gasteiger partial charge in [-0.05, 0) is 32.5 Å². The summed E-state index contributed by atoms with van der Waals surface area (Å²) in [6.45, 7) is 5.82. The third-order valence-corrected chi connectivity index (χ3v) is 4.41. The van der Waals surface area contributed by atoms with Gasteiger partial charge in [-0.3, -0.25) is 4.90 Å². The number of anilines is 1. The number of rotatable bonds is 6. The zero-order valence-electron chi connectivity index (χ0n) is 11.9. The first kappa shape index (κ1) is 15.2. The van der Waals surface area contributed by atoms with Crippen molar-refractivity contribution >= 4 is 28.1 Å². The Balaban J connectivity index is 2.03. The Morgan fingerprint density at radius 2 is 2.10 bits per heavy atom. The normalized spacial score (nSPS) is 12.7. The van der Waals surface area contributed by atoms with Crippen LogP contribution in [0.3, 0.4) is 0 Å². The van der Waals surface area contributed by atoms with E-state index in [1.54, 1.807) is 11.3 Å². The van der Waals surface area contributed by atoms with Crippen LogP contribution < -0.4 is 5.32 Å². The summed E-state index contributed by atoms with van der Waals surface area (Å²) in [6.07, 6.45) is 0. The smallest absolute Gasteiger partial charge is 0.205 e. The monoisotopic (exact) mass is 310 g/mol. The van der Waals surface area contributed by atoms with Crippen LogP contribution in [0.4, 0.5) is 5.13 Å². The van der Waals surface area contributed by atoms with Crippen molar-refractivity contribution < 1.29 is 0 Å². The highest BCUT2D eigenvalue weighted by atomic mass is 35.5. The average molecular weight is 311 g/mol. The lowest BCUT2D eigenvalue weighted by molar-refractivity contribution is 0.252. The molecular weight excluding hydrogens is 292 g/mol. The van der Waals surface area contributed by atoms with Crippen LogP contribution in [0.2, 0.25) is 5.02 Å². The van der Waals surface area contributed by atoms with Gasteiger partial charge in [-0.25, -0.2) is 0 Å². The molecule has 1 aromatic heterocycles. The Kier molecular flexibility index (Phi) is 5.34. The van der Waals surface area contributed by atoms with Crippen molar-refractivity contribution in [2.45, 2.75) is 26.4 Å². The molecule has 2 rings (SSSR count). The molecule has 4 nitrogen and oxygen atoms in total. The van der Waals surface area contributed by atoms with Crippen LogP contribution in [0.25, 0.3) is 0 Å². The number of aromatic nitrogens is 2. The second-order valence-corrected chi connectivity index (χ2v) is 6.11. The summed E-state index contributed by atoms with van der Waals surface area (Å²) in [5, 5.41) is 14.2. The van der Waals surface area contributed by atoms with Crippen LogP contribution in [-0.2, 0) is 6.54 Å².